The van der Waals surface area contributed by atoms with Gasteiger partial charge < -0.3 is 10.4 Å². The molecule has 1 fully saturated rings. The summed E-state index contributed by atoms with van der Waals surface area (Å²) in [7, 11) is 0. The lowest BCUT2D eigenvalue weighted by atomic mass is 9.89. The molecule has 0 unspecified atom stereocenters. The van der Waals surface area contributed by atoms with Crippen molar-refractivity contribution < 1.29 is 24.3 Å². The largest absolute Gasteiger partial charge is 0.465 e. The van der Waals surface area contributed by atoms with E-state index in [1.807, 2.05) is 5.43 Å². The number of fused-ring (bicyclic) bond motifs is 1. The minimum Gasteiger partial charge on any atom is -0.465 e. The second-order valence-corrected chi connectivity index (χ2v) is 6.12. The Morgan fingerprint density at radius 3 is 2.42 bits per heavy atom. The average molecular weight is 383 g/mol. The number of carbonyl (C=O) groups is 4. The number of halogens is 1. The monoisotopic (exact) mass is 382 g/mol. The molecule has 1 aliphatic heterocycles. The van der Waals surface area contributed by atoms with Gasteiger partial charge in [0.1, 0.15) is 0 Å². The molecular formula is C16H19ClN4O5. The predicted octanol–water partition coefficient (Wildman–Crippen LogP) is 0.887. The van der Waals surface area contributed by atoms with E-state index >= 15 is 0 Å². The number of nitrogens with one attached hydrogen (secondary N) is 2. The van der Waals surface area contributed by atoms with Gasteiger partial charge in [-0.15, -0.1) is 12.4 Å². The van der Waals surface area contributed by atoms with Crippen molar-refractivity contribution in [3.05, 3.63) is 34.9 Å². The van der Waals surface area contributed by atoms with Gasteiger partial charge in [-0.3, -0.25) is 24.7 Å². The number of hydrogen-bond acceptors (Lipinski definition) is 5. The fourth-order valence-corrected chi connectivity index (χ4v) is 3.53. The van der Waals surface area contributed by atoms with E-state index in [-0.39, 0.29) is 29.1 Å². The van der Waals surface area contributed by atoms with Crippen LogP contribution in [0.4, 0.5) is 4.79 Å². The minimum absolute atomic E-state index is 0. The lowest BCUT2D eigenvalue weighted by Gasteiger charge is -2.36. The van der Waals surface area contributed by atoms with Crippen LogP contribution in [0, 0.1) is 0 Å². The number of nitrogen functional groups attached to an aromatic ring is 1. The minimum atomic E-state index is -1.18. The molecule has 1 heterocycles. The number of carbonyl (C=O) groups excluding carboxylic acids is 3. The normalized spacial score (nSPS) is 21.7. The van der Waals surface area contributed by atoms with Crippen molar-refractivity contribution in [1.29, 1.82) is 0 Å². The maximum atomic E-state index is 12.8. The van der Waals surface area contributed by atoms with E-state index in [9.17, 15) is 19.2 Å². The Hall–Kier alpha value is -2.65. The quantitative estimate of drug-likeness (QED) is 0.264. The van der Waals surface area contributed by atoms with Crippen LogP contribution in [0.15, 0.2) is 18.2 Å². The SMILES string of the molecule is Cl.NNC(=O)c1ccc2c(c1)C(=O)N([C@@H]1CCCC[C@H]1NC(=O)O)C2=O. The zero-order chi connectivity index (χ0) is 18.1. The summed E-state index contributed by atoms with van der Waals surface area (Å²) in [5.74, 6) is 3.54. The topological polar surface area (TPSA) is 142 Å². The number of imide groups is 1. The summed E-state index contributed by atoms with van der Waals surface area (Å²) < 4.78 is 0. The Morgan fingerprint density at radius 1 is 1.12 bits per heavy atom. The van der Waals surface area contributed by atoms with Crippen LogP contribution >= 0.6 is 12.4 Å². The lowest BCUT2D eigenvalue weighted by Crippen LogP contribution is -2.54. The first-order valence-corrected chi connectivity index (χ1v) is 7.96. The zero-order valence-electron chi connectivity index (χ0n) is 13.7. The first-order chi connectivity index (χ1) is 11.9. The third kappa shape index (κ3) is 3.35. The molecule has 1 aromatic carbocycles. The van der Waals surface area contributed by atoms with Gasteiger partial charge in [0.15, 0.2) is 0 Å². The Bertz CT molecular complexity index is 769. The molecule has 0 radical (unpaired) electrons. The Kier molecular flexibility index (Phi) is 5.83. The maximum absolute atomic E-state index is 12.8. The van der Waals surface area contributed by atoms with Gasteiger partial charge in [-0.1, -0.05) is 12.8 Å². The molecule has 0 saturated heterocycles. The number of hydrazine groups is 1. The van der Waals surface area contributed by atoms with Crippen LogP contribution in [0.1, 0.15) is 56.8 Å². The van der Waals surface area contributed by atoms with Crippen LogP contribution < -0.4 is 16.6 Å². The summed E-state index contributed by atoms with van der Waals surface area (Å²) in [5, 5.41) is 11.4. The highest BCUT2D eigenvalue weighted by Crippen LogP contribution is 2.31. The van der Waals surface area contributed by atoms with E-state index in [1.165, 1.54) is 18.2 Å². The first-order valence-electron chi connectivity index (χ1n) is 7.96. The molecule has 26 heavy (non-hydrogen) atoms. The molecule has 1 aliphatic carbocycles. The average Bonchev–Trinajstić information content (AvgIpc) is 2.85. The molecular weight excluding hydrogens is 364 g/mol. The van der Waals surface area contributed by atoms with Gasteiger partial charge in [-0.2, -0.15) is 0 Å². The number of amides is 4. The van der Waals surface area contributed by atoms with Gasteiger partial charge >= 0.3 is 6.09 Å². The third-order valence-electron chi connectivity index (χ3n) is 4.68. The standard InChI is InChI=1S/C16H18N4O5.ClH/c17-19-13(21)8-5-6-9-10(7-8)15(23)20(14(9)22)12-4-2-1-3-11(12)18-16(24)25;/h5-7,11-12,18H,1-4,17H2,(H,19,21)(H,24,25);1H/t11-,12-;/m1./s1. The molecule has 2 atom stereocenters. The molecule has 140 valence electrons. The smallest absolute Gasteiger partial charge is 0.404 e. The molecule has 0 spiro atoms. The molecule has 1 saturated carbocycles. The summed E-state index contributed by atoms with van der Waals surface area (Å²) in [6.07, 6.45) is 1.54. The third-order valence-corrected chi connectivity index (χ3v) is 4.68. The van der Waals surface area contributed by atoms with Gasteiger partial charge in [0.05, 0.1) is 23.2 Å². The summed E-state index contributed by atoms with van der Waals surface area (Å²) >= 11 is 0. The number of nitrogens with two attached hydrogens (primary N) is 1. The van der Waals surface area contributed by atoms with Gasteiger partial charge in [-0.25, -0.2) is 10.6 Å². The molecule has 2 aliphatic rings. The van der Waals surface area contributed by atoms with Crippen molar-refractivity contribution in [3.8, 4) is 0 Å². The van der Waals surface area contributed by atoms with Crippen LogP contribution in [-0.4, -0.2) is 45.9 Å². The fourth-order valence-electron chi connectivity index (χ4n) is 3.53. The fraction of sp³-hybridized carbons (Fsp3) is 0.375. The van der Waals surface area contributed by atoms with E-state index in [2.05, 4.69) is 5.32 Å². The van der Waals surface area contributed by atoms with Crippen LogP contribution in [-0.2, 0) is 0 Å². The van der Waals surface area contributed by atoms with Crippen molar-refractivity contribution in [2.24, 2.45) is 5.84 Å². The molecule has 0 bridgehead atoms. The highest BCUT2D eigenvalue weighted by Gasteiger charge is 2.44. The van der Waals surface area contributed by atoms with Crippen LogP contribution in [0.25, 0.3) is 0 Å². The predicted molar refractivity (Wildman–Crippen MR) is 93.0 cm³/mol. The van der Waals surface area contributed by atoms with Gasteiger partial charge in [0, 0.05) is 5.56 Å². The highest BCUT2D eigenvalue weighted by molar-refractivity contribution is 6.22. The second kappa shape index (κ2) is 7.71. The number of benzene rings is 1. The van der Waals surface area contributed by atoms with Gasteiger partial charge in [-0.05, 0) is 31.0 Å². The zero-order valence-corrected chi connectivity index (χ0v) is 14.5. The van der Waals surface area contributed by atoms with Crippen LogP contribution in [0.3, 0.4) is 0 Å². The van der Waals surface area contributed by atoms with Crippen LogP contribution in [0.5, 0.6) is 0 Å². The maximum Gasteiger partial charge on any atom is 0.404 e. The summed E-state index contributed by atoms with van der Waals surface area (Å²) in [6, 6.07) is 3.14. The first kappa shape index (κ1) is 19.7. The van der Waals surface area contributed by atoms with Crippen molar-refractivity contribution in [1.82, 2.24) is 15.6 Å². The van der Waals surface area contributed by atoms with E-state index in [4.69, 9.17) is 10.9 Å². The Morgan fingerprint density at radius 2 is 1.77 bits per heavy atom. The molecule has 3 rings (SSSR count). The molecule has 10 heteroatoms. The van der Waals surface area contributed by atoms with E-state index in [0.29, 0.717) is 12.8 Å². The molecule has 1 aromatic rings. The van der Waals surface area contributed by atoms with Crippen molar-refractivity contribution >= 4 is 36.2 Å². The molecule has 4 amide bonds. The number of nitrogens with zero attached hydrogens (tertiary/aromatic N) is 1. The van der Waals surface area contributed by atoms with Crippen molar-refractivity contribution in [2.45, 2.75) is 37.8 Å². The molecule has 9 nitrogen and oxygen atoms in total. The van der Waals surface area contributed by atoms with E-state index in [0.717, 1.165) is 17.7 Å². The summed E-state index contributed by atoms with van der Waals surface area (Å²) in [4.78, 5) is 49.2. The summed E-state index contributed by atoms with van der Waals surface area (Å²) in [6.45, 7) is 0. The molecule has 0 aromatic heterocycles. The number of hydrogen-bond donors (Lipinski definition) is 4. The highest BCUT2D eigenvalue weighted by atomic mass is 35.5. The Labute approximate surface area is 155 Å². The second-order valence-electron chi connectivity index (χ2n) is 6.12. The van der Waals surface area contributed by atoms with Crippen LogP contribution in [0.2, 0.25) is 0 Å². The lowest BCUT2D eigenvalue weighted by molar-refractivity contribution is 0.0502. The van der Waals surface area contributed by atoms with Crippen molar-refractivity contribution in [3.63, 3.8) is 0 Å². The van der Waals surface area contributed by atoms with Gasteiger partial charge in [0.2, 0.25) is 0 Å². The molecule has 5 N–H and O–H groups in total. The number of carboxylic acid groups (broad SMARTS) is 1. The van der Waals surface area contributed by atoms with Gasteiger partial charge in [0.25, 0.3) is 17.7 Å². The van der Waals surface area contributed by atoms with E-state index in [1.54, 1.807) is 0 Å². The summed E-state index contributed by atoms with van der Waals surface area (Å²) in [5.41, 5.74) is 2.49. The van der Waals surface area contributed by atoms with E-state index < -0.39 is 35.9 Å². The van der Waals surface area contributed by atoms with Crippen molar-refractivity contribution in [2.75, 3.05) is 0 Å². The number of rotatable bonds is 3. The Balaban J connectivity index is 0.00000243.